The number of rotatable bonds is 3. The molecule has 0 fully saturated rings. The molecule has 6 nitrogen and oxygen atoms in total. The van der Waals surface area contributed by atoms with Gasteiger partial charge >= 0.3 is 5.97 Å². The Hall–Kier alpha value is -2.50. The summed E-state index contributed by atoms with van der Waals surface area (Å²) in [7, 11) is 1.52. The molecule has 1 N–H and O–H groups in total. The summed E-state index contributed by atoms with van der Waals surface area (Å²) in [5.74, 6) is -0.887. The van der Waals surface area contributed by atoms with Crippen LogP contribution in [0.2, 0.25) is 0 Å². The molecule has 0 radical (unpaired) electrons. The summed E-state index contributed by atoms with van der Waals surface area (Å²) < 4.78 is 5.43. The molecule has 2 heterocycles. The molecule has 0 saturated heterocycles. The molecular weight excluding hydrogens is 294 g/mol. The van der Waals surface area contributed by atoms with Crippen LogP contribution in [0.25, 0.3) is 5.57 Å². The molecule has 0 spiro atoms. The predicted octanol–water partition coefficient (Wildman–Crippen LogP) is 2.25. The minimum absolute atomic E-state index is 0.155. The van der Waals surface area contributed by atoms with Crippen LogP contribution in [-0.4, -0.2) is 42.3 Å². The lowest BCUT2D eigenvalue weighted by Gasteiger charge is -2.21. The van der Waals surface area contributed by atoms with Crippen molar-refractivity contribution in [1.82, 2.24) is 10.3 Å². The number of nitrogens with one attached hydrogen (secondary N) is 1. The van der Waals surface area contributed by atoms with E-state index in [-0.39, 0.29) is 17.3 Å². The van der Waals surface area contributed by atoms with Crippen LogP contribution in [0.3, 0.4) is 0 Å². The Balaban J connectivity index is 2.47. The summed E-state index contributed by atoms with van der Waals surface area (Å²) >= 11 is 0. The number of ether oxygens (including phenoxy) is 1. The van der Waals surface area contributed by atoms with Gasteiger partial charge in [0.25, 0.3) is 5.91 Å². The number of pyridine rings is 1. The topological polar surface area (TPSA) is 80.7 Å². The number of carbonyl (C=O) groups excluding carboxylic acids is 2. The average Bonchev–Trinajstić information content (AvgIpc) is 2.52. The third-order valence-corrected chi connectivity index (χ3v) is 3.18. The van der Waals surface area contributed by atoms with Crippen molar-refractivity contribution in [3.63, 3.8) is 0 Å². The second kappa shape index (κ2) is 6.73. The number of aliphatic imine (C=N–C) groups is 1. The van der Waals surface area contributed by atoms with Crippen molar-refractivity contribution in [2.75, 3.05) is 13.6 Å². The van der Waals surface area contributed by atoms with Crippen molar-refractivity contribution in [3.8, 4) is 0 Å². The fourth-order valence-electron chi connectivity index (χ4n) is 2.16. The molecule has 0 aliphatic carbocycles. The Labute approximate surface area is 135 Å². The van der Waals surface area contributed by atoms with Crippen LogP contribution in [-0.2, 0) is 4.74 Å². The third-order valence-electron chi connectivity index (χ3n) is 3.18. The molecule has 0 saturated carbocycles. The van der Waals surface area contributed by atoms with Crippen molar-refractivity contribution in [3.05, 3.63) is 35.2 Å². The number of carbonyl (C=O) groups is 2. The Kier molecular flexibility index (Phi) is 4.93. The van der Waals surface area contributed by atoms with Crippen molar-refractivity contribution >= 4 is 23.7 Å². The maximum Gasteiger partial charge on any atom is 0.358 e. The first kappa shape index (κ1) is 16.9. The zero-order valence-electron chi connectivity index (χ0n) is 13.8. The maximum absolute atomic E-state index is 12.5. The predicted molar refractivity (Wildman–Crippen MR) is 88.7 cm³/mol. The fraction of sp³-hybridized carbons (Fsp3) is 0.412. The van der Waals surface area contributed by atoms with Gasteiger partial charge in [0.2, 0.25) is 0 Å². The molecule has 0 bridgehead atoms. The van der Waals surface area contributed by atoms with E-state index in [1.54, 1.807) is 39.1 Å². The van der Waals surface area contributed by atoms with Crippen LogP contribution < -0.4 is 5.32 Å². The standard InChI is InChI=1S/C17H21N3O3/c1-17(2,3)23-16(22)14-12(11-7-9-19-10-8-11)5-6-13(20-14)15(21)18-4/h5-7,10H,8-9H2,1-4H3,(H,18,21). The molecule has 2 rings (SSSR count). The van der Waals surface area contributed by atoms with E-state index < -0.39 is 11.6 Å². The molecule has 6 heteroatoms. The monoisotopic (exact) mass is 315 g/mol. The van der Waals surface area contributed by atoms with Gasteiger partial charge in [-0.05, 0) is 38.5 Å². The van der Waals surface area contributed by atoms with E-state index in [2.05, 4.69) is 15.3 Å². The van der Waals surface area contributed by atoms with Gasteiger partial charge in [0.1, 0.15) is 11.3 Å². The first-order valence-electron chi connectivity index (χ1n) is 7.46. The molecule has 0 unspecified atom stereocenters. The van der Waals surface area contributed by atoms with Gasteiger partial charge in [-0.15, -0.1) is 0 Å². The van der Waals surface area contributed by atoms with Crippen molar-refractivity contribution < 1.29 is 14.3 Å². The molecule has 0 atom stereocenters. The highest BCUT2D eigenvalue weighted by Crippen LogP contribution is 2.24. The number of dihydropyridines is 1. The average molecular weight is 315 g/mol. The number of hydrogen-bond acceptors (Lipinski definition) is 5. The Morgan fingerprint density at radius 3 is 2.57 bits per heavy atom. The number of allylic oxidation sites excluding steroid dienone is 1. The van der Waals surface area contributed by atoms with Gasteiger partial charge in [0.15, 0.2) is 5.69 Å². The van der Waals surface area contributed by atoms with E-state index in [1.807, 2.05) is 6.08 Å². The highest BCUT2D eigenvalue weighted by Gasteiger charge is 2.24. The summed E-state index contributed by atoms with van der Waals surface area (Å²) in [6, 6.07) is 3.34. The van der Waals surface area contributed by atoms with E-state index in [0.717, 1.165) is 5.57 Å². The molecule has 23 heavy (non-hydrogen) atoms. The van der Waals surface area contributed by atoms with Crippen molar-refractivity contribution in [1.29, 1.82) is 0 Å². The van der Waals surface area contributed by atoms with Crippen molar-refractivity contribution in [2.24, 2.45) is 4.99 Å². The fourth-order valence-corrected chi connectivity index (χ4v) is 2.16. The van der Waals surface area contributed by atoms with Crippen LogP contribution in [0.4, 0.5) is 0 Å². The molecular formula is C17H21N3O3. The van der Waals surface area contributed by atoms with Gasteiger partial charge in [-0.25, -0.2) is 9.78 Å². The number of nitrogens with zero attached hydrogens (tertiary/aromatic N) is 2. The van der Waals surface area contributed by atoms with E-state index in [0.29, 0.717) is 18.5 Å². The summed E-state index contributed by atoms with van der Waals surface area (Å²) in [4.78, 5) is 32.7. The van der Waals surface area contributed by atoms with Gasteiger partial charge in [-0.1, -0.05) is 6.08 Å². The molecule has 1 amide bonds. The smallest absolute Gasteiger partial charge is 0.358 e. The van der Waals surface area contributed by atoms with Gasteiger partial charge in [-0.3, -0.25) is 9.79 Å². The molecule has 1 aliphatic heterocycles. The molecule has 1 aromatic heterocycles. The number of amides is 1. The Morgan fingerprint density at radius 2 is 2.00 bits per heavy atom. The highest BCUT2D eigenvalue weighted by atomic mass is 16.6. The zero-order chi connectivity index (χ0) is 17.0. The number of aromatic nitrogens is 1. The zero-order valence-corrected chi connectivity index (χ0v) is 13.8. The van der Waals surface area contributed by atoms with E-state index in [4.69, 9.17) is 4.74 Å². The summed E-state index contributed by atoms with van der Waals surface area (Å²) in [5.41, 5.74) is 1.33. The second-order valence-electron chi connectivity index (χ2n) is 6.15. The number of esters is 1. The largest absolute Gasteiger partial charge is 0.455 e. The van der Waals surface area contributed by atoms with E-state index in [1.165, 1.54) is 7.05 Å². The van der Waals surface area contributed by atoms with Crippen LogP contribution >= 0.6 is 0 Å². The molecule has 0 aromatic carbocycles. The van der Waals surface area contributed by atoms with E-state index in [9.17, 15) is 9.59 Å². The lowest BCUT2D eigenvalue weighted by molar-refractivity contribution is 0.00624. The molecule has 1 aliphatic rings. The second-order valence-corrected chi connectivity index (χ2v) is 6.15. The van der Waals surface area contributed by atoms with Crippen LogP contribution in [0.1, 0.15) is 53.7 Å². The first-order chi connectivity index (χ1) is 10.8. The minimum Gasteiger partial charge on any atom is -0.455 e. The third kappa shape index (κ3) is 4.25. The lowest BCUT2D eigenvalue weighted by Crippen LogP contribution is -2.27. The Morgan fingerprint density at radius 1 is 1.26 bits per heavy atom. The van der Waals surface area contributed by atoms with E-state index >= 15 is 0 Å². The summed E-state index contributed by atoms with van der Waals surface area (Å²) in [6.07, 6.45) is 4.38. The Bertz CT molecular complexity index is 685. The number of hydrogen-bond donors (Lipinski definition) is 1. The maximum atomic E-state index is 12.5. The van der Waals surface area contributed by atoms with Crippen LogP contribution in [0.5, 0.6) is 0 Å². The quantitative estimate of drug-likeness (QED) is 0.868. The van der Waals surface area contributed by atoms with Crippen LogP contribution in [0.15, 0.2) is 23.2 Å². The lowest BCUT2D eigenvalue weighted by atomic mass is 9.99. The first-order valence-corrected chi connectivity index (χ1v) is 7.46. The van der Waals surface area contributed by atoms with Gasteiger partial charge in [0.05, 0.1) is 6.54 Å². The van der Waals surface area contributed by atoms with Gasteiger partial charge in [0, 0.05) is 25.2 Å². The highest BCUT2D eigenvalue weighted by molar-refractivity contribution is 5.98. The SMILES string of the molecule is CNC(=O)c1ccc(C2=CCN=CC2)c(C(=O)OC(C)(C)C)n1. The molecule has 122 valence electrons. The summed E-state index contributed by atoms with van der Waals surface area (Å²) in [6.45, 7) is 5.94. The molecule has 1 aromatic rings. The van der Waals surface area contributed by atoms with Crippen LogP contribution in [0, 0.1) is 0 Å². The van der Waals surface area contributed by atoms with Crippen molar-refractivity contribution in [2.45, 2.75) is 32.8 Å². The van der Waals surface area contributed by atoms with Gasteiger partial charge in [-0.2, -0.15) is 0 Å². The minimum atomic E-state index is -0.637. The van der Waals surface area contributed by atoms with Gasteiger partial charge < -0.3 is 10.1 Å². The normalized spacial score (nSPS) is 14.2. The summed E-state index contributed by atoms with van der Waals surface area (Å²) in [5, 5.41) is 2.51.